The highest BCUT2D eigenvalue weighted by Gasteiger charge is 2.17. The zero-order valence-corrected chi connectivity index (χ0v) is 16.4. The number of hydrogen-bond donors (Lipinski definition) is 1. The maximum Gasteiger partial charge on any atom is 0.338 e. The standard InChI is InChI=1S/C22H25NO4/c1-14-7-6-8-18(15(14)2)21(26)27-13-19(24)23-20(25)16-9-11-17(12-10-16)22(3,4)5/h6-12H,13H2,1-5H3,(H,23,24,25). The first-order valence-electron chi connectivity index (χ1n) is 8.77. The Kier molecular flexibility index (Phi) is 6.16. The van der Waals surface area contributed by atoms with E-state index in [2.05, 4.69) is 26.1 Å². The van der Waals surface area contributed by atoms with Gasteiger partial charge in [-0.2, -0.15) is 0 Å². The molecule has 0 unspecified atom stereocenters. The maximum atomic E-state index is 12.2. The van der Waals surface area contributed by atoms with Crippen molar-refractivity contribution in [2.45, 2.75) is 40.0 Å². The fourth-order valence-electron chi connectivity index (χ4n) is 2.54. The molecule has 0 saturated carbocycles. The van der Waals surface area contributed by atoms with Crippen molar-refractivity contribution in [2.24, 2.45) is 0 Å². The van der Waals surface area contributed by atoms with Gasteiger partial charge in [0.2, 0.25) is 0 Å². The van der Waals surface area contributed by atoms with Gasteiger partial charge < -0.3 is 4.74 Å². The number of aryl methyl sites for hydroxylation is 1. The number of carbonyl (C=O) groups is 3. The molecule has 142 valence electrons. The van der Waals surface area contributed by atoms with Gasteiger partial charge in [0.1, 0.15) is 0 Å². The van der Waals surface area contributed by atoms with Crippen molar-refractivity contribution in [1.82, 2.24) is 5.32 Å². The lowest BCUT2D eigenvalue weighted by molar-refractivity contribution is -0.123. The molecule has 0 bridgehead atoms. The van der Waals surface area contributed by atoms with Gasteiger partial charge in [0.05, 0.1) is 5.56 Å². The van der Waals surface area contributed by atoms with Gasteiger partial charge >= 0.3 is 5.97 Å². The number of benzene rings is 2. The summed E-state index contributed by atoms with van der Waals surface area (Å²) in [6.07, 6.45) is 0. The fraction of sp³-hybridized carbons (Fsp3) is 0.318. The Morgan fingerprint density at radius 3 is 2.19 bits per heavy atom. The van der Waals surface area contributed by atoms with Crippen LogP contribution in [-0.4, -0.2) is 24.4 Å². The van der Waals surface area contributed by atoms with E-state index in [9.17, 15) is 14.4 Å². The second-order valence-corrected chi connectivity index (χ2v) is 7.53. The Morgan fingerprint density at radius 1 is 0.963 bits per heavy atom. The molecule has 0 aliphatic carbocycles. The molecule has 27 heavy (non-hydrogen) atoms. The first-order valence-corrected chi connectivity index (χ1v) is 8.77. The van der Waals surface area contributed by atoms with Crippen LogP contribution in [0.4, 0.5) is 0 Å². The molecule has 2 aromatic carbocycles. The van der Waals surface area contributed by atoms with E-state index in [1.165, 1.54) is 0 Å². The van der Waals surface area contributed by atoms with E-state index in [1.807, 2.05) is 32.0 Å². The summed E-state index contributed by atoms with van der Waals surface area (Å²) in [6.45, 7) is 9.43. The third kappa shape index (κ3) is 5.26. The topological polar surface area (TPSA) is 72.5 Å². The summed E-state index contributed by atoms with van der Waals surface area (Å²) in [5, 5.41) is 2.23. The molecular weight excluding hydrogens is 342 g/mol. The number of esters is 1. The summed E-state index contributed by atoms with van der Waals surface area (Å²) in [5.41, 5.74) is 3.62. The first kappa shape index (κ1) is 20.4. The second-order valence-electron chi connectivity index (χ2n) is 7.53. The van der Waals surface area contributed by atoms with Gasteiger partial charge in [0.15, 0.2) is 6.61 Å². The summed E-state index contributed by atoms with van der Waals surface area (Å²) in [4.78, 5) is 36.2. The van der Waals surface area contributed by atoms with Gasteiger partial charge in [-0.25, -0.2) is 4.79 Å². The quantitative estimate of drug-likeness (QED) is 0.836. The number of rotatable bonds is 4. The minimum atomic E-state index is -0.668. The van der Waals surface area contributed by atoms with Crippen LogP contribution in [0.15, 0.2) is 42.5 Å². The molecule has 0 aromatic heterocycles. The molecule has 1 N–H and O–H groups in total. The fourth-order valence-corrected chi connectivity index (χ4v) is 2.54. The van der Waals surface area contributed by atoms with E-state index < -0.39 is 24.4 Å². The number of imide groups is 1. The third-order valence-electron chi connectivity index (χ3n) is 4.42. The van der Waals surface area contributed by atoms with Crippen LogP contribution in [0.25, 0.3) is 0 Å². The Bertz CT molecular complexity index is 861. The normalized spacial score (nSPS) is 11.0. The molecule has 0 heterocycles. The van der Waals surface area contributed by atoms with Crippen molar-refractivity contribution in [3.63, 3.8) is 0 Å². The van der Waals surface area contributed by atoms with Gasteiger partial charge in [0.25, 0.3) is 11.8 Å². The van der Waals surface area contributed by atoms with Gasteiger partial charge in [-0.1, -0.05) is 45.0 Å². The zero-order chi connectivity index (χ0) is 20.2. The predicted octanol–water partition coefficient (Wildman–Crippen LogP) is 3.71. The van der Waals surface area contributed by atoms with Crippen LogP contribution in [0.5, 0.6) is 0 Å². The van der Waals surface area contributed by atoms with E-state index in [-0.39, 0.29) is 5.41 Å². The maximum absolute atomic E-state index is 12.2. The average Bonchev–Trinajstić information content (AvgIpc) is 2.61. The summed E-state index contributed by atoms with van der Waals surface area (Å²) in [7, 11) is 0. The zero-order valence-electron chi connectivity index (χ0n) is 16.4. The van der Waals surface area contributed by atoms with E-state index in [4.69, 9.17) is 4.74 Å². The van der Waals surface area contributed by atoms with E-state index in [0.717, 1.165) is 16.7 Å². The van der Waals surface area contributed by atoms with Gasteiger partial charge in [-0.15, -0.1) is 0 Å². The Labute approximate surface area is 159 Å². The minimum absolute atomic E-state index is 0.0209. The van der Waals surface area contributed by atoms with Crippen LogP contribution in [0, 0.1) is 13.8 Å². The van der Waals surface area contributed by atoms with Crippen LogP contribution in [0.3, 0.4) is 0 Å². The Balaban J connectivity index is 1.92. The predicted molar refractivity (Wildman–Crippen MR) is 104 cm³/mol. The van der Waals surface area contributed by atoms with E-state index in [0.29, 0.717) is 11.1 Å². The SMILES string of the molecule is Cc1cccc(C(=O)OCC(=O)NC(=O)c2ccc(C(C)(C)C)cc2)c1C. The highest BCUT2D eigenvalue weighted by Crippen LogP contribution is 2.22. The van der Waals surface area contributed by atoms with Crippen LogP contribution in [0.2, 0.25) is 0 Å². The van der Waals surface area contributed by atoms with Crippen molar-refractivity contribution in [3.05, 3.63) is 70.3 Å². The van der Waals surface area contributed by atoms with E-state index >= 15 is 0 Å². The Morgan fingerprint density at radius 2 is 1.59 bits per heavy atom. The molecule has 5 nitrogen and oxygen atoms in total. The smallest absolute Gasteiger partial charge is 0.338 e. The Hall–Kier alpha value is -2.95. The van der Waals surface area contributed by atoms with Gasteiger partial charge in [-0.3, -0.25) is 14.9 Å². The highest BCUT2D eigenvalue weighted by atomic mass is 16.5. The lowest BCUT2D eigenvalue weighted by atomic mass is 9.87. The van der Waals surface area contributed by atoms with Gasteiger partial charge in [-0.05, 0) is 54.2 Å². The molecule has 0 fully saturated rings. The molecule has 2 rings (SSSR count). The van der Waals surface area contributed by atoms with Crippen molar-refractivity contribution in [3.8, 4) is 0 Å². The summed E-state index contributed by atoms with van der Waals surface area (Å²) < 4.78 is 5.02. The van der Waals surface area contributed by atoms with Crippen molar-refractivity contribution in [1.29, 1.82) is 0 Å². The molecule has 0 aliphatic heterocycles. The van der Waals surface area contributed by atoms with Crippen LogP contribution in [0.1, 0.15) is 58.2 Å². The number of hydrogen-bond acceptors (Lipinski definition) is 4. The number of nitrogens with one attached hydrogen (secondary N) is 1. The average molecular weight is 367 g/mol. The minimum Gasteiger partial charge on any atom is -0.452 e. The molecule has 0 radical (unpaired) electrons. The lowest BCUT2D eigenvalue weighted by Gasteiger charge is -2.19. The number of amides is 2. The molecule has 0 saturated heterocycles. The largest absolute Gasteiger partial charge is 0.452 e. The van der Waals surface area contributed by atoms with E-state index in [1.54, 1.807) is 24.3 Å². The van der Waals surface area contributed by atoms with Crippen molar-refractivity contribution in [2.75, 3.05) is 6.61 Å². The third-order valence-corrected chi connectivity index (χ3v) is 4.42. The molecule has 2 aromatic rings. The summed E-state index contributed by atoms with van der Waals surface area (Å²) in [6, 6.07) is 12.4. The summed E-state index contributed by atoms with van der Waals surface area (Å²) >= 11 is 0. The first-order chi connectivity index (χ1) is 12.6. The van der Waals surface area contributed by atoms with Crippen molar-refractivity contribution < 1.29 is 19.1 Å². The highest BCUT2D eigenvalue weighted by molar-refractivity contribution is 6.05. The van der Waals surface area contributed by atoms with Crippen molar-refractivity contribution >= 4 is 17.8 Å². The molecule has 0 atom stereocenters. The molecule has 2 amide bonds. The lowest BCUT2D eigenvalue weighted by Crippen LogP contribution is -2.34. The second kappa shape index (κ2) is 8.16. The van der Waals surface area contributed by atoms with Crippen LogP contribution >= 0.6 is 0 Å². The number of ether oxygens (including phenoxy) is 1. The molecule has 5 heteroatoms. The van der Waals surface area contributed by atoms with Crippen LogP contribution < -0.4 is 5.32 Å². The monoisotopic (exact) mass is 367 g/mol. The van der Waals surface area contributed by atoms with Gasteiger partial charge in [0, 0.05) is 5.56 Å². The molecular formula is C22H25NO4. The van der Waals surface area contributed by atoms with Crippen LogP contribution in [-0.2, 0) is 14.9 Å². The molecule has 0 spiro atoms. The summed E-state index contributed by atoms with van der Waals surface area (Å²) in [5.74, 6) is -1.78. The molecule has 0 aliphatic rings. The number of carbonyl (C=O) groups excluding carboxylic acids is 3.